The molecule has 0 saturated heterocycles. The van der Waals surface area contributed by atoms with Crippen molar-refractivity contribution in [2.75, 3.05) is 11.6 Å². The largest absolute Gasteiger partial charge is 0.489 e. The first kappa shape index (κ1) is 21.0. The van der Waals surface area contributed by atoms with Crippen LogP contribution in [-0.2, 0) is 16.4 Å². The number of ether oxygens (including phenoxy) is 1. The molecule has 1 amide bonds. The molecule has 0 aliphatic rings. The van der Waals surface area contributed by atoms with Crippen molar-refractivity contribution in [3.05, 3.63) is 83.4 Å². The van der Waals surface area contributed by atoms with Crippen molar-refractivity contribution in [3.63, 3.8) is 0 Å². The summed E-state index contributed by atoms with van der Waals surface area (Å²) < 4.78 is 30.0. The van der Waals surface area contributed by atoms with E-state index >= 15 is 0 Å². The minimum atomic E-state index is -3.31. The highest BCUT2D eigenvalue weighted by Gasteiger charge is 2.13. The van der Waals surface area contributed by atoms with Crippen LogP contribution in [0.2, 0.25) is 0 Å². The third-order valence-corrected chi connectivity index (χ3v) is 6.64. The van der Waals surface area contributed by atoms with E-state index in [1.807, 2.05) is 25.1 Å². The van der Waals surface area contributed by atoms with Gasteiger partial charge in [-0.05, 0) is 48.9 Å². The summed E-state index contributed by atoms with van der Waals surface area (Å²) in [5.74, 6) is 0.277. The van der Waals surface area contributed by atoms with Gasteiger partial charge in [-0.15, -0.1) is 0 Å². The van der Waals surface area contributed by atoms with Gasteiger partial charge in [-0.3, -0.25) is 10.1 Å². The second-order valence-electron chi connectivity index (χ2n) is 7.18. The van der Waals surface area contributed by atoms with Gasteiger partial charge in [0.1, 0.15) is 12.4 Å². The van der Waals surface area contributed by atoms with Gasteiger partial charge in [0.15, 0.2) is 15.0 Å². The molecule has 0 bridgehead atoms. The average molecular weight is 453 g/mol. The van der Waals surface area contributed by atoms with Crippen LogP contribution < -0.4 is 10.1 Å². The molecule has 0 atom stereocenters. The molecule has 0 fully saturated rings. The molecule has 1 heterocycles. The highest BCUT2D eigenvalue weighted by atomic mass is 32.2. The number of aryl methyl sites for hydroxylation is 1. The third kappa shape index (κ3) is 5.10. The molecule has 0 unspecified atom stereocenters. The van der Waals surface area contributed by atoms with E-state index in [9.17, 15) is 13.2 Å². The summed E-state index contributed by atoms with van der Waals surface area (Å²) in [6, 6.07) is 19.7. The molecular formula is C23H20N2O4S2. The summed E-state index contributed by atoms with van der Waals surface area (Å²) in [5.41, 5.74) is 3.28. The number of nitrogens with one attached hydrogen (secondary N) is 1. The Morgan fingerprint density at radius 1 is 1.06 bits per heavy atom. The first-order valence-corrected chi connectivity index (χ1v) is 12.2. The normalized spacial score (nSPS) is 11.4. The number of hydrogen-bond acceptors (Lipinski definition) is 6. The molecule has 1 aromatic heterocycles. The quantitative estimate of drug-likeness (QED) is 0.452. The van der Waals surface area contributed by atoms with Gasteiger partial charge >= 0.3 is 0 Å². The summed E-state index contributed by atoms with van der Waals surface area (Å²) in [6.07, 6.45) is 1.16. The maximum absolute atomic E-state index is 12.7. The lowest BCUT2D eigenvalue weighted by atomic mass is 10.1. The number of rotatable bonds is 6. The Morgan fingerprint density at radius 2 is 1.87 bits per heavy atom. The number of fused-ring (bicyclic) bond motifs is 1. The van der Waals surface area contributed by atoms with E-state index in [-0.39, 0.29) is 10.8 Å². The van der Waals surface area contributed by atoms with Crippen LogP contribution in [-0.4, -0.2) is 25.6 Å². The van der Waals surface area contributed by atoms with Gasteiger partial charge < -0.3 is 4.74 Å². The summed E-state index contributed by atoms with van der Waals surface area (Å²) in [6.45, 7) is 2.44. The molecule has 0 radical (unpaired) electrons. The molecule has 31 heavy (non-hydrogen) atoms. The van der Waals surface area contributed by atoms with Gasteiger partial charge in [-0.2, -0.15) is 0 Å². The molecule has 8 heteroatoms. The van der Waals surface area contributed by atoms with Crippen molar-refractivity contribution in [3.8, 4) is 5.75 Å². The second-order valence-corrected chi connectivity index (χ2v) is 10.2. The first-order chi connectivity index (χ1) is 14.8. The SMILES string of the molecule is Cc1cccc(COc2cccc(C(=O)Nc3nc4ccc(S(C)(=O)=O)cc4s3)c2)c1. The number of hydrogen-bond donors (Lipinski definition) is 1. The number of sulfone groups is 1. The predicted molar refractivity (Wildman–Crippen MR) is 123 cm³/mol. The molecule has 4 rings (SSSR count). The monoisotopic (exact) mass is 452 g/mol. The highest BCUT2D eigenvalue weighted by molar-refractivity contribution is 7.90. The van der Waals surface area contributed by atoms with Crippen LogP contribution in [0.5, 0.6) is 5.75 Å². The van der Waals surface area contributed by atoms with E-state index in [0.29, 0.717) is 33.3 Å². The molecule has 4 aromatic rings. The van der Waals surface area contributed by atoms with E-state index in [4.69, 9.17) is 4.74 Å². The molecule has 1 N–H and O–H groups in total. The van der Waals surface area contributed by atoms with E-state index in [1.165, 1.54) is 17.4 Å². The van der Waals surface area contributed by atoms with Gasteiger partial charge in [0.25, 0.3) is 5.91 Å². The molecular weight excluding hydrogens is 432 g/mol. The third-order valence-electron chi connectivity index (χ3n) is 4.59. The van der Waals surface area contributed by atoms with Crippen LogP contribution in [0.4, 0.5) is 5.13 Å². The minimum Gasteiger partial charge on any atom is -0.489 e. The molecule has 6 nitrogen and oxygen atoms in total. The number of carbonyl (C=O) groups is 1. The van der Waals surface area contributed by atoms with E-state index in [0.717, 1.165) is 17.4 Å². The Labute approximate surface area is 184 Å². The number of benzene rings is 3. The Kier molecular flexibility index (Phi) is 5.75. The van der Waals surface area contributed by atoms with Gasteiger partial charge in [-0.1, -0.05) is 47.2 Å². The fourth-order valence-corrected chi connectivity index (χ4v) is 4.68. The van der Waals surface area contributed by atoms with Crippen LogP contribution in [0.25, 0.3) is 10.2 Å². The lowest BCUT2D eigenvalue weighted by molar-refractivity contribution is 0.102. The molecule has 0 saturated carbocycles. The second kappa shape index (κ2) is 8.49. The summed E-state index contributed by atoms with van der Waals surface area (Å²) in [4.78, 5) is 17.3. The van der Waals surface area contributed by atoms with E-state index in [1.54, 1.807) is 36.4 Å². The zero-order chi connectivity index (χ0) is 22.0. The van der Waals surface area contributed by atoms with Crippen LogP contribution in [0.1, 0.15) is 21.5 Å². The van der Waals surface area contributed by atoms with Crippen LogP contribution >= 0.6 is 11.3 Å². The Morgan fingerprint density at radius 3 is 2.65 bits per heavy atom. The minimum absolute atomic E-state index is 0.222. The van der Waals surface area contributed by atoms with Crippen molar-refractivity contribution in [2.24, 2.45) is 0 Å². The molecule has 3 aromatic carbocycles. The summed E-state index contributed by atoms with van der Waals surface area (Å²) >= 11 is 1.22. The smallest absolute Gasteiger partial charge is 0.257 e. The van der Waals surface area contributed by atoms with Crippen molar-refractivity contribution in [1.29, 1.82) is 0 Å². The van der Waals surface area contributed by atoms with Crippen LogP contribution in [0.3, 0.4) is 0 Å². The first-order valence-electron chi connectivity index (χ1n) is 9.48. The Balaban J connectivity index is 1.47. The number of aromatic nitrogens is 1. The maximum atomic E-state index is 12.7. The number of thiazole rings is 1. The lowest BCUT2D eigenvalue weighted by Gasteiger charge is -2.08. The van der Waals surface area contributed by atoms with E-state index < -0.39 is 9.84 Å². The number of anilines is 1. The number of carbonyl (C=O) groups excluding carboxylic acids is 1. The van der Waals surface area contributed by atoms with Crippen molar-refractivity contribution < 1.29 is 17.9 Å². The van der Waals surface area contributed by atoms with Crippen LogP contribution in [0.15, 0.2) is 71.6 Å². The molecule has 158 valence electrons. The van der Waals surface area contributed by atoms with Crippen LogP contribution in [0, 0.1) is 6.92 Å². The number of amides is 1. The van der Waals surface area contributed by atoms with Crippen molar-refractivity contribution in [2.45, 2.75) is 18.4 Å². The van der Waals surface area contributed by atoms with Crippen molar-refractivity contribution in [1.82, 2.24) is 4.98 Å². The Bertz CT molecular complexity index is 1380. The summed E-state index contributed by atoms with van der Waals surface area (Å²) in [7, 11) is -3.31. The molecule has 0 aliphatic carbocycles. The topological polar surface area (TPSA) is 85.4 Å². The zero-order valence-corrected chi connectivity index (χ0v) is 18.6. The Hall–Kier alpha value is -3.23. The predicted octanol–water partition coefficient (Wildman–Crippen LogP) is 4.84. The van der Waals surface area contributed by atoms with Gasteiger partial charge in [-0.25, -0.2) is 13.4 Å². The fraction of sp³-hybridized carbons (Fsp3) is 0.130. The van der Waals surface area contributed by atoms with Crippen molar-refractivity contribution >= 4 is 42.4 Å². The standard InChI is InChI=1S/C23H20N2O4S2/c1-15-5-3-6-16(11-15)14-29-18-8-4-7-17(12-18)22(26)25-23-24-20-10-9-19(31(2,27)28)13-21(20)30-23/h3-13H,14H2,1-2H3,(H,24,25,26). The van der Waals surface area contributed by atoms with Gasteiger partial charge in [0.05, 0.1) is 15.1 Å². The summed E-state index contributed by atoms with van der Waals surface area (Å²) in [5, 5.41) is 3.18. The number of nitrogens with zero attached hydrogens (tertiary/aromatic N) is 1. The van der Waals surface area contributed by atoms with Gasteiger partial charge in [0, 0.05) is 11.8 Å². The van der Waals surface area contributed by atoms with Gasteiger partial charge in [0.2, 0.25) is 0 Å². The maximum Gasteiger partial charge on any atom is 0.257 e. The lowest BCUT2D eigenvalue weighted by Crippen LogP contribution is -2.11. The molecule has 0 spiro atoms. The van der Waals surface area contributed by atoms with E-state index in [2.05, 4.69) is 16.4 Å². The fourth-order valence-electron chi connectivity index (χ4n) is 3.05. The zero-order valence-electron chi connectivity index (χ0n) is 17.0. The average Bonchev–Trinajstić information content (AvgIpc) is 3.13. The molecule has 0 aliphatic heterocycles. The highest BCUT2D eigenvalue weighted by Crippen LogP contribution is 2.28.